The maximum absolute atomic E-state index is 12.1. The lowest BCUT2D eigenvalue weighted by molar-refractivity contribution is 0.0978. The Balaban J connectivity index is 2.04. The van der Waals surface area contributed by atoms with E-state index < -0.39 is 15.9 Å². The Hall–Kier alpha value is -1.99. The number of benzene rings is 1. The molecular weight excluding hydrogens is 282 g/mol. The lowest BCUT2D eigenvalue weighted by Crippen LogP contribution is -2.28. The highest BCUT2D eigenvalue weighted by atomic mass is 32.2. The zero-order valence-electron chi connectivity index (χ0n) is 10.5. The Morgan fingerprint density at radius 3 is 2.40 bits per heavy atom. The molecule has 0 saturated heterocycles. The van der Waals surface area contributed by atoms with Crippen molar-refractivity contribution >= 4 is 21.7 Å². The van der Waals surface area contributed by atoms with Gasteiger partial charge in [0.2, 0.25) is 5.78 Å². The second kappa shape index (κ2) is 5.56. The van der Waals surface area contributed by atoms with E-state index in [2.05, 4.69) is 5.32 Å². The molecule has 0 radical (unpaired) electrons. The summed E-state index contributed by atoms with van der Waals surface area (Å²) < 4.78 is 29.7. The van der Waals surface area contributed by atoms with Gasteiger partial charge in [0.05, 0.1) is 11.4 Å². The van der Waals surface area contributed by atoms with Gasteiger partial charge in [-0.15, -0.1) is 0 Å². The van der Waals surface area contributed by atoms with Crippen molar-refractivity contribution in [2.24, 2.45) is 0 Å². The molecule has 0 bridgehead atoms. The summed E-state index contributed by atoms with van der Waals surface area (Å²) in [6, 6.07) is 6.51. The Kier molecular flexibility index (Phi) is 4.01. The van der Waals surface area contributed by atoms with Crippen molar-refractivity contribution in [3.05, 3.63) is 47.2 Å². The van der Waals surface area contributed by atoms with E-state index >= 15 is 0 Å². The summed E-state index contributed by atoms with van der Waals surface area (Å²) in [6.07, 6.45) is 1.34. The average Bonchev–Trinajstić information content (AvgIpc) is 2.39. The highest BCUT2D eigenvalue weighted by molar-refractivity contribution is 7.85. The number of carbonyl (C=O) groups excluding carboxylic acids is 2. The van der Waals surface area contributed by atoms with Crippen molar-refractivity contribution in [2.45, 2.75) is 6.42 Å². The molecule has 0 fully saturated rings. The van der Waals surface area contributed by atoms with E-state index in [1.54, 1.807) is 24.3 Å². The van der Waals surface area contributed by atoms with Gasteiger partial charge in [-0.25, -0.2) is 0 Å². The van der Waals surface area contributed by atoms with E-state index in [9.17, 15) is 18.0 Å². The van der Waals surface area contributed by atoms with Crippen LogP contribution in [-0.4, -0.2) is 36.8 Å². The second-order valence-electron chi connectivity index (χ2n) is 4.36. The van der Waals surface area contributed by atoms with Crippen LogP contribution in [0.25, 0.3) is 0 Å². The van der Waals surface area contributed by atoms with Gasteiger partial charge in [-0.05, 0) is 6.42 Å². The van der Waals surface area contributed by atoms with Crippen LogP contribution in [-0.2, 0) is 10.1 Å². The summed E-state index contributed by atoms with van der Waals surface area (Å²) in [5, 5.41) is 2.73. The van der Waals surface area contributed by atoms with E-state index in [4.69, 9.17) is 4.55 Å². The summed E-state index contributed by atoms with van der Waals surface area (Å²) in [5.41, 5.74) is 0.835. The van der Waals surface area contributed by atoms with Crippen molar-refractivity contribution in [3.63, 3.8) is 0 Å². The number of carbonyl (C=O) groups is 2. The van der Waals surface area contributed by atoms with Gasteiger partial charge >= 0.3 is 0 Å². The van der Waals surface area contributed by atoms with Crippen molar-refractivity contribution in [2.75, 3.05) is 12.3 Å². The number of allylic oxidation sites excluding steroid dienone is 2. The lowest BCUT2D eigenvalue weighted by atomic mass is 9.93. The average molecular weight is 295 g/mol. The Labute approximate surface area is 116 Å². The first-order valence-electron chi connectivity index (χ1n) is 5.97. The third kappa shape index (κ3) is 3.31. The minimum atomic E-state index is -4.01. The topological polar surface area (TPSA) is 101 Å². The molecule has 2 N–H and O–H groups in total. The van der Waals surface area contributed by atoms with E-state index in [-0.39, 0.29) is 30.2 Å². The summed E-state index contributed by atoms with van der Waals surface area (Å²) in [7, 11) is -4.01. The minimum absolute atomic E-state index is 0.138. The van der Waals surface area contributed by atoms with E-state index in [0.717, 1.165) is 0 Å². The molecule has 0 saturated carbocycles. The van der Waals surface area contributed by atoms with Crippen LogP contribution in [0.4, 0.5) is 0 Å². The summed E-state index contributed by atoms with van der Waals surface area (Å²) in [5.74, 6) is -0.962. The molecule has 2 rings (SSSR count). The van der Waals surface area contributed by atoms with Gasteiger partial charge in [0.15, 0.2) is 5.78 Å². The van der Waals surface area contributed by atoms with Gasteiger partial charge in [-0.3, -0.25) is 14.1 Å². The van der Waals surface area contributed by atoms with E-state index in [0.29, 0.717) is 11.1 Å². The van der Waals surface area contributed by atoms with Crippen molar-refractivity contribution in [1.29, 1.82) is 0 Å². The van der Waals surface area contributed by atoms with Crippen LogP contribution >= 0.6 is 0 Å². The monoisotopic (exact) mass is 295 g/mol. The molecule has 1 aliphatic rings. The zero-order valence-corrected chi connectivity index (χ0v) is 11.3. The number of fused-ring (bicyclic) bond motifs is 1. The molecule has 0 aromatic heterocycles. The Morgan fingerprint density at radius 1 is 1.10 bits per heavy atom. The van der Waals surface area contributed by atoms with E-state index in [1.807, 2.05) is 0 Å². The molecule has 0 amide bonds. The Bertz CT molecular complexity index is 690. The predicted molar refractivity (Wildman–Crippen MR) is 72.2 cm³/mol. The summed E-state index contributed by atoms with van der Waals surface area (Å²) in [6.45, 7) is 0.173. The predicted octanol–water partition coefficient (Wildman–Crippen LogP) is 0.817. The number of rotatable bonds is 5. The maximum atomic E-state index is 12.1. The molecule has 106 valence electrons. The molecule has 1 aromatic carbocycles. The largest absolute Gasteiger partial charge is 0.382 e. The summed E-state index contributed by atoms with van der Waals surface area (Å²) >= 11 is 0. The molecule has 0 aliphatic heterocycles. The zero-order chi connectivity index (χ0) is 14.8. The normalized spacial score (nSPS) is 14.8. The highest BCUT2D eigenvalue weighted by Gasteiger charge is 2.24. The first kappa shape index (κ1) is 14.4. The number of ketones is 2. The molecule has 0 unspecified atom stereocenters. The molecular formula is C13H13NO5S. The van der Waals surface area contributed by atoms with Gasteiger partial charge in [-0.1, -0.05) is 24.3 Å². The number of hydrogen-bond donors (Lipinski definition) is 2. The van der Waals surface area contributed by atoms with Crippen LogP contribution in [0, 0.1) is 0 Å². The molecule has 0 heterocycles. The number of Topliss-reactive ketones (excluding diaryl/α,β-unsaturated/α-hetero) is 1. The lowest BCUT2D eigenvalue weighted by Gasteiger charge is -2.16. The van der Waals surface area contributed by atoms with Crippen LogP contribution in [0.2, 0.25) is 0 Å². The van der Waals surface area contributed by atoms with Crippen LogP contribution in [0.5, 0.6) is 0 Å². The second-order valence-corrected chi connectivity index (χ2v) is 5.94. The van der Waals surface area contributed by atoms with Crippen molar-refractivity contribution < 1.29 is 22.6 Å². The third-order valence-corrected chi connectivity index (χ3v) is 3.66. The van der Waals surface area contributed by atoms with E-state index in [1.165, 1.54) is 6.08 Å². The first-order chi connectivity index (χ1) is 9.38. The van der Waals surface area contributed by atoms with Crippen LogP contribution in [0.15, 0.2) is 36.0 Å². The van der Waals surface area contributed by atoms with Crippen LogP contribution in [0.3, 0.4) is 0 Å². The van der Waals surface area contributed by atoms with Gasteiger partial charge < -0.3 is 5.32 Å². The quantitative estimate of drug-likeness (QED) is 0.616. The van der Waals surface area contributed by atoms with Crippen molar-refractivity contribution in [1.82, 2.24) is 5.32 Å². The molecule has 0 atom stereocenters. The number of nitrogens with one attached hydrogen (secondary N) is 1. The molecule has 1 aromatic rings. The minimum Gasteiger partial charge on any atom is -0.382 e. The fourth-order valence-electron chi connectivity index (χ4n) is 1.92. The SMILES string of the molecule is O=C1C=C(NCCCS(=O)(=O)O)C(=O)c2ccccc21. The fourth-order valence-corrected chi connectivity index (χ4v) is 2.43. The van der Waals surface area contributed by atoms with Gasteiger partial charge in [-0.2, -0.15) is 8.42 Å². The summed E-state index contributed by atoms with van der Waals surface area (Å²) in [4.78, 5) is 23.9. The molecule has 6 nitrogen and oxygen atoms in total. The molecule has 1 aliphatic carbocycles. The Morgan fingerprint density at radius 2 is 1.75 bits per heavy atom. The standard InChI is InChI=1S/C13H13NO5S/c15-12-8-11(14-6-3-7-20(17,18)19)13(16)10-5-2-1-4-9(10)12/h1-2,4-5,8,14H,3,6-7H2,(H,17,18,19). The first-order valence-corrected chi connectivity index (χ1v) is 7.58. The van der Waals surface area contributed by atoms with Gasteiger partial charge in [0.25, 0.3) is 10.1 Å². The molecule has 7 heteroatoms. The van der Waals surface area contributed by atoms with Gasteiger partial charge in [0, 0.05) is 23.7 Å². The maximum Gasteiger partial charge on any atom is 0.264 e. The van der Waals surface area contributed by atoms with Gasteiger partial charge in [0.1, 0.15) is 0 Å². The number of hydrogen-bond acceptors (Lipinski definition) is 5. The molecule has 0 spiro atoms. The fraction of sp³-hybridized carbons (Fsp3) is 0.231. The van der Waals surface area contributed by atoms with Crippen LogP contribution in [0.1, 0.15) is 27.1 Å². The van der Waals surface area contributed by atoms with Crippen LogP contribution < -0.4 is 5.32 Å². The third-order valence-electron chi connectivity index (χ3n) is 2.85. The highest BCUT2D eigenvalue weighted by Crippen LogP contribution is 2.19. The van der Waals surface area contributed by atoms with Crippen molar-refractivity contribution in [3.8, 4) is 0 Å². The molecule has 20 heavy (non-hydrogen) atoms. The smallest absolute Gasteiger partial charge is 0.264 e.